The normalized spacial score (nSPS) is 10.2. The standard InChI is InChI=1S/C17H14N4O4/c22-16(23)14-15(21(11-19-14)13-7-4-8-18-9-13)20-17(24)25-10-12-5-2-1-3-6-12/h1-9,11H,10H2,(H,20,24)(H,22,23). The SMILES string of the molecule is O=C(Nc1c(C(=O)O)ncn1-c1cccnc1)OCc1ccccc1. The van der Waals surface area contributed by atoms with E-state index in [0.29, 0.717) is 5.69 Å². The van der Waals surface area contributed by atoms with Crippen LogP contribution >= 0.6 is 0 Å². The summed E-state index contributed by atoms with van der Waals surface area (Å²) in [6.45, 7) is 0.0656. The topological polar surface area (TPSA) is 106 Å². The number of amides is 1. The van der Waals surface area contributed by atoms with Crippen molar-refractivity contribution in [2.75, 3.05) is 5.32 Å². The number of hydrogen-bond donors (Lipinski definition) is 2. The predicted octanol–water partition coefficient (Wildman–Crippen LogP) is 2.71. The fourth-order valence-electron chi connectivity index (χ4n) is 2.17. The maximum atomic E-state index is 12.1. The van der Waals surface area contributed by atoms with E-state index in [1.165, 1.54) is 17.1 Å². The first-order valence-corrected chi connectivity index (χ1v) is 7.34. The summed E-state index contributed by atoms with van der Waals surface area (Å²) in [5.41, 5.74) is 1.08. The Bertz CT molecular complexity index is 878. The lowest BCUT2D eigenvalue weighted by atomic mass is 10.2. The van der Waals surface area contributed by atoms with Gasteiger partial charge in [-0.05, 0) is 17.7 Å². The zero-order valence-electron chi connectivity index (χ0n) is 13.0. The van der Waals surface area contributed by atoms with Crippen molar-refractivity contribution in [2.45, 2.75) is 6.61 Å². The van der Waals surface area contributed by atoms with Crippen molar-refractivity contribution in [3.05, 3.63) is 72.4 Å². The molecule has 0 saturated carbocycles. The van der Waals surface area contributed by atoms with Gasteiger partial charge in [0.15, 0.2) is 11.5 Å². The molecule has 0 aliphatic rings. The van der Waals surface area contributed by atoms with E-state index in [1.807, 2.05) is 30.3 Å². The molecule has 8 heteroatoms. The fourth-order valence-corrected chi connectivity index (χ4v) is 2.17. The number of benzene rings is 1. The third-order valence-electron chi connectivity index (χ3n) is 3.33. The first-order valence-electron chi connectivity index (χ1n) is 7.34. The average molecular weight is 338 g/mol. The lowest BCUT2D eigenvalue weighted by molar-refractivity contribution is 0.0692. The van der Waals surface area contributed by atoms with Crippen LogP contribution in [0.3, 0.4) is 0 Å². The molecule has 0 aliphatic heterocycles. The van der Waals surface area contributed by atoms with Crippen LogP contribution in [0.4, 0.5) is 10.6 Å². The number of aromatic nitrogens is 3. The van der Waals surface area contributed by atoms with E-state index in [2.05, 4.69) is 15.3 Å². The van der Waals surface area contributed by atoms with Crippen LogP contribution in [0.15, 0.2) is 61.2 Å². The van der Waals surface area contributed by atoms with Crippen LogP contribution in [-0.2, 0) is 11.3 Å². The molecule has 2 heterocycles. The zero-order chi connectivity index (χ0) is 17.6. The number of rotatable bonds is 5. The van der Waals surface area contributed by atoms with E-state index >= 15 is 0 Å². The monoisotopic (exact) mass is 338 g/mol. The summed E-state index contributed by atoms with van der Waals surface area (Å²) in [6, 6.07) is 12.5. The maximum Gasteiger partial charge on any atom is 0.413 e. The number of carbonyl (C=O) groups is 2. The molecule has 126 valence electrons. The van der Waals surface area contributed by atoms with Gasteiger partial charge in [-0.3, -0.25) is 14.9 Å². The molecule has 2 aromatic heterocycles. The van der Waals surface area contributed by atoms with Gasteiger partial charge in [0.05, 0.1) is 11.9 Å². The number of aromatic carboxylic acids is 1. The Balaban J connectivity index is 1.79. The van der Waals surface area contributed by atoms with Gasteiger partial charge in [-0.25, -0.2) is 14.6 Å². The smallest absolute Gasteiger partial charge is 0.413 e. The molecule has 25 heavy (non-hydrogen) atoms. The molecule has 8 nitrogen and oxygen atoms in total. The van der Waals surface area contributed by atoms with Crippen LogP contribution in [0.5, 0.6) is 0 Å². The van der Waals surface area contributed by atoms with E-state index in [1.54, 1.807) is 18.3 Å². The number of imidazole rings is 1. The van der Waals surface area contributed by atoms with Crippen LogP contribution in [0, 0.1) is 0 Å². The zero-order valence-corrected chi connectivity index (χ0v) is 13.0. The molecule has 3 rings (SSSR count). The summed E-state index contributed by atoms with van der Waals surface area (Å²) in [6.07, 6.45) is 3.62. The van der Waals surface area contributed by atoms with Gasteiger partial charge in [-0.15, -0.1) is 0 Å². The van der Waals surface area contributed by atoms with E-state index < -0.39 is 12.1 Å². The molecule has 1 amide bonds. The number of carboxylic acid groups (broad SMARTS) is 1. The van der Waals surface area contributed by atoms with Crippen molar-refractivity contribution in [1.82, 2.24) is 14.5 Å². The molecule has 1 aromatic carbocycles. The fraction of sp³-hybridized carbons (Fsp3) is 0.0588. The van der Waals surface area contributed by atoms with E-state index in [0.717, 1.165) is 5.56 Å². The minimum atomic E-state index is -1.26. The Hall–Kier alpha value is -3.68. The van der Waals surface area contributed by atoms with Crippen molar-refractivity contribution in [3.63, 3.8) is 0 Å². The maximum absolute atomic E-state index is 12.1. The largest absolute Gasteiger partial charge is 0.476 e. The lowest BCUT2D eigenvalue weighted by Gasteiger charge is -2.10. The summed E-state index contributed by atoms with van der Waals surface area (Å²) in [7, 11) is 0. The first kappa shape index (κ1) is 16.2. The van der Waals surface area contributed by atoms with Crippen molar-refractivity contribution in [1.29, 1.82) is 0 Å². The second-order valence-electron chi connectivity index (χ2n) is 5.01. The molecule has 0 radical (unpaired) electrons. The average Bonchev–Trinajstić information content (AvgIpc) is 3.05. The molecule has 0 aliphatic carbocycles. The van der Waals surface area contributed by atoms with E-state index in [4.69, 9.17) is 4.74 Å². The molecule has 0 unspecified atom stereocenters. The second kappa shape index (κ2) is 7.26. The molecular formula is C17H14N4O4. The summed E-state index contributed by atoms with van der Waals surface area (Å²) < 4.78 is 6.54. The quantitative estimate of drug-likeness (QED) is 0.741. The van der Waals surface area contributed by atoms with Gasteiger partial charge in [0.1, 0.15) is 12.9 Å². The van der Waals surface area contributed by atoms with Crippen LogP contribution in [0.2, 0.25) is 0 Å². The number of nitrogens with zero attached hydrogens (tertiary/aromatic N) is 3. The summed E-state index contributed by atoms with van der Waals surface area (Å²) in [5, 5.41) is 11.7. The van der Waals surface area contributed by atoms with E-state index in [-0.39, 0.29) is 18.1 Å². The van der Waals surface area contributed by atoms with Crippen LogP contribution in [0.1, 0.15) is 16.1 Å². The number of hydrogen-bond acceptors (Lipinski definition) is 5. The minimum Gasteiger partial charge on any atom is -0.476 e. The highest BCUT2D eigenvalue weighted by Crippen LogP contribution is 2.20. The van der Waals surface area contributed by atoms with Crippen molar-refractivity contribution >= 4 is 17.9 Å². The van der Waals surface area contributed by atoms with Gasteiger partial charge in [0.2, 0.25) is 0 Å². The van der Waals surface area contributed by atoms with E-state index in [9.17, 15) is 14.7 Å². The van der Waals surface area contributed by atoms with Crippen molar-refractivity contribution in [3.8, 4) is 5.69 Å². The number of nitrogens with one attached hydrogen (secondary N) is 1. The van der Waals surface area contributed by atoms with Crippen LogP contribution in [-0.4, -0.2) is 31.7 Å². The summed E-state index contributed by atoms with van der Waals surface area (Å²) in [4.78, 5) is 31.2. The number of carboxylic acids is 1. The molecule has 0 saturated heterocycles. The first-order chi connectivity index (χ1) is 12.1. The van der Waals surface area contributed by atoms with Crippen LogP contribution < -0.4 is 5.32 Å². The minimum absolute atomic E-state index is 0.00133. The Morgan fingerprint density at radius 2 is 1.96 bits per heavy atom. The van der Waals surface area contributed by atoms with Gasteiger partial charge in [-0.2, -0.15) is 0 Å². The van der Waals surface area contributed by atoms with Gasteiger partial charge >= 0.3 is 12.1 Å². The molecule has 3 aromatic rings. The summed E-state index contributed by atoms with van der Waals surface area (Å²) >= 11 is 0. The third kappa shape index (κ3) is 3.81. The van der Waals surface area contributed by atoms with Crippen molar-refractivity contribution < 1.29 is 19.4 Å². The number of pyridine rings is 1. The molecule has 0 spiro atoms. The highest BCUT2D eigenvalue weighted by atomic mass is 16.5. The summed E-state index contributed by atoms with van der Waals surface area (Å²) in [5.74, 6) is -1.26. The molecular weight excluding hydrogens is 324 g/mol. The number of anilines is 1. The lowest BCUT2D eigenvalue weighted by Crippen LogP contribution is -2.18. The Labute approximate surface area is 142 Å². The molecule has 0 bridgehead atoms. The molecule has 0 fully saturated rings. The highest BCUT2D eigenvalue weighted by molar-refractivity contribution is 5.96. The Morgan fingerprint density at radius 3 is 2.64 bits per heavy atom. The Morgan fingerprint density at radius 1 is 1.16 bits per heavy atom. The predicted molar refractivity (Wildman–Crippen MR) is 88.6 cm³/mol. The molecule has 2 N–H and O–H groups in total. The van der Waals surface area contributed by atoms with Crippen LogP contribution in [0.25, 0.3) is 5.69 Å². The van der Waals surface area contributed by atoms with Gasteiger partial charge < -0.3 is 9.84 Å². The van der Waals surface area contributed by atoms with Crippen molar-refractivity contribution in [2.24, 2.45) is 0 Å². The second-order valence-corrected chi connectivity index (χ2v) is 5.01. The number of ether oxygens (including phenoxy) is 1. The Kier molecular flexibility index (Phi) is 4.70. The van der Waals surface area contributed by atoms with Gasteiger partial charge in [0.25, 0.3) is 0 Å². The van der Waals surface area contributed by atoms with Gasteiger partial charge in [0, 0.05) is 6.20 Å². The third-order valence-corrected chi connectivity index (χ3v) is 3.33. The van der Waals surface area contributed by atoms with Gasteiger partial charge in [-0.1, -0.05) is 30.3 Å². The molecule has 0 atom stereocenters. The highest BCUT2D eigenvalue weighted by Gasteiger charge is 2.20. The number of carbonyl (C=O) groups excluding carboxylic acids is 1.